The van der Waals surface area contributed by atoms with E-state index >= 15 is 0 Å². The molecule has 0 atom stereocenters. The van der Waals surface area contributed by atoms with Crippen molar-refractivity contribution in [2.24, 2.45) is 7.05 Å². The summed E-state index contributed by atoms with van der Waals surface area (Å²) in [6.07, 6.45) is 3.70. The molecule has 4 aromatic rings. The zero-order valence-corrected chi connectivity index (χ0v) is 17.7. The number of hydrogen-bond donors (Lipinski definition) is 0. The standard InChI is InChI=1S/C23H23N5OS/c1-26-20-7-3-2-6-18(20)13-21(26)22-25-19(16-30-22)23(29)28-11-9-27(10-12-28)15-17-5-4-8-24-14-17/h2-8,13-14,16H,9-12,15H2,1H3. The summed E-state index contributed by atoms with van der Waals surface area (Å²) in [5, 5.41) is 3.95. The van der Waals surface area contributed by atoms with E-state index in [9.17, 15) is 4.79 Å². The van der Waals surface area contributed by atoms with Crippen LogP contribution in [0.15, 0.2) is 60.2 Å². The molecular formula is C23H23N5OS. The van der Waals surface area contributed by atoms with Gasteiger partial charge in [0.1, 0.15) is 10.7 Å². The number of para-hydroxylation sites is 1. The van der Waals surface area contributed by atoms with Crippen molar-refractivity contribution in [2.75, 3.05) is 26.2 Å². The lowest BCUT2D eigenvalue weighted by molar-refractivity contribution is 0.0623. The van der Waals surface area contributed by atoms with Crippen molar-refractivity contribution in [3.8, 4) is 10.7 Å². The Labute approximate surface area is 179 Å². The highest BCUT2D eigenvalue weighted by Crippen LogP contribution is 2.29. The number of fused-ring (bicyclic) bond motifs is 1. The van der Waals surface area contributed by atoms with Crippen molar-refractivity contribution in [1.29, 1.82) is 0 Å². The number of carbonyl (C=O) groups is 1. The third kappa shape index (κ3) is 3.62. The van der Waals surface area contributed by atoms with Crippen molar-refractivity contribution < 1.29 is 4.79 Å². The minimum absolute atomic E-state index is 0.0253. The third-order valence-corrected chi connectivity index (χ3v) is 6.55. The molecule has 0 spiro atoms. The summed E-state index contributed by atoms with van der Waals surface area (Å²) in [4.78, 5) is 26.1. The first-order valence-corrected chi connectivity index (χ1v) is 11.0. The smallest absolute Gasteiger partial charge is 0.273 e. The molecule has 0 unspecified atom stereocenters. The number of benzene rings is 1. The number of nitrogens with zero attached hydrogens (tertiary/aromatic N) is 5. The van der Waals surface area contributed by atoms with E-state index in [1.807, 2.05) is 41.7 Å². The first kappa shape index (κ1) is 19.0. The number of rotatable bonds is 4. The normalized spacial score (nSPS) is 15.0. The van der Waals surface area contributed by atoms with Gasteiger partial charge in [0.25, 0.3) is 5.91 Å². The van der Waals surface area contributed by atoms with Crippen LogP contribution in [0.25, 0.3) is 21.6 Å². The molecule has 152 valence electrons. The summed E-state index contributed by atoms with van der Waals surface area (Å²) in [6, 6.07) is 14.5. The number of carbonyl (C=O) groups excluding carboxylic acids is 1. The van der Waals surface area contributed by atoms with Crippen LogP contribution < -0.4 is 0 Å². The van der Waals surface area contributed by atoms with E-state index in [0.29, 0.717) is 5.69 Å². The number of aromatic nitrogens is 3. The maximum Gasteiger partial charge on any atom is 0.273 e. The number of thiazole rings is 1. The third-order valence-electron chi connectivity index (χ3n) is 5.68. The second-order valence-electron chi connectivity index (χ2n) is 7.61. The van der Waals surface area contributed by atoms with Gasteiger partial charge in [0.2, 0.25) is 0 Å². The highest BCUT2D eigenvalue weighted by Gasteiger charge is 2.24. The van der Waals surface area contributed by atoms with Crippen molar-refractivity contribution in [3.63, 3.8) is 0 Å². The van der Waals surface area contributed by atoms with Gasteiger partial charge in [-0.05, 0) is 23.8 Å². The van der Waals surface area contributed by atoms with E-state index in [4.69, 9.17) is 0 Å². The summed E-state index contributed by atoms with van der Waals surface area (Å²) in [5.74, 6) is 0.0253. The number of amides is 1. The summed E-state index contributed by atoms with van der Waals surface area (Å²) in [6.45, 7) is 4.04. The molecule has 1 saturated heterocycles. The molecule has 0 N–H and O–H groups in total. The second kappa shape index (κ2) is 8.01. The Balaban J connectivity index is 1.26. The predicted molar refractivity (Wildman–Crippen MR) is 119 cm³/mol. The average Bonchev–Trinajstić information content (AvgIpc) is 3.40. The van der Waals surface area contributed by atoms with Crippen LogP contribution in [-0.4, -0.2) is 56.4 Å². The van der Waals surface area contributed by atoms with Crippen molar-refractivity contribution >= 4 is 28.1 Å². The first-order valence-electron chi connectivity index (χ1n) is 10.1. The van der Waals surface area contributed by atoms with E-state index in [1.165, 1.54) is 27.8 Å². The van der Waals surface area contributed by atoms with Crippen LogP contribution >= 0.6 is 11.3 Å². The van der Waals surface area contributed by atoms with Gasteiger partial charge >= 0.3 is 0 Å². The molecule has 0 aliphatic carbocycles. The van der Waals surface area contributed by atoms with Crippen molar-refractivity contribution in [3.05, 3.63) is 71.5 Å². The average molecular weight is 418 g/mol. The monoisotopic (exact) mass is 417 g/mol. The molecule has 3 aromatic heterocycles. The maximum atomic E-state index is 13.0. The van der Waals surface area contributed by atoms with Gasteiger partial charge < -0.3 is 9.47 Å². The summed E-state index contributed by atoms with van der Waals surface area (Å²) in [7, 11) is 2.04. The zero-order valence-electron chi connectivity index (χ0n) is 16.9. The fraction of sp³-hybridized carbons (Fsp3) is 0.261. The van der Waals surface area contributed by atoms with Crippen LogP contribution in [0.5, 0.6) is 0 Å². The van der Waals surface area contributed by atoms with Crippen LogP contribution in [0, 0.1) is 0 Å². The Bertz CT molecular complexity index is 1170. The highest BCUT2D eigenvalue weighted by molar-refractivity contribution is 7.13. The molecule has 1 fully saturated rings. The Morgan fingerprint density at radius 2 is 1.93 bits per heavy atom. The fourth-order valence-corrected chi connectivity index (χ4v) is 4.85. The van der Waals surface area contributed by atoms with Crippen LogP contribution in [0.2, 0.25) is 0 Å². The van der Waals surface area contributed by atoms with Crippen molar-refractivity contribution in [1.82, 2.24) is 24.3 Å². The van der Waals surface area contributed by atoms with Gasteiger partial charge in [-0.15, -0.1) is 11.3 Å². The quantitative estimate of drug-likeness (QED) is 0.509. The Morgan fingerprint density at radius 3 is 2.70 bits per heavy atom. The first-order chi connectivity index (χ1) is 14.7. The molecule has 0 radical (unpaired) electrons. The zero-order chi connectivity index (χ0) is 20.5. The SMILES string of the molecule is Cn1c(-c2nc(C(=O)N3CCN(Cc4cccnc4)CC3)cs2)cc2ccccc21. The molecule has 0 saturated carbocycles. The minimum atomic E-state index is 0.0253. The molecule has 1 amide bonds. The van der Waals surface area contributed by atoms with Crippen LogP contribution in [-0.2, 0) is 13.6 Å². The van der Waals surface area contributed by atoms with Gasteiger partial charge in [-0.2, -0.15) is 0 Å². The number of pyridine rings is 1. The molecule has 7 heteroatoms. The lowest BCUT2D eigenvalue weighted by Gasteiger charge is -2.34. The lowest BCUT2D eigenvalue weighted by atomic mass is 10.2. The Kier molecular flexibility index (Phi) is 5.06. The Hall–Kier alpha value is -3.03. The molecule has 1 aromatic carbocycles. The summed E-state index contributed by atoms with van der Waals surface area (Å²) < 4.78 is 2.14. The molecular weight excluding hydrogens is 394 g/mol. The van der Waals surface area contributed by atoms with Gasteiger partial charge in [-0.3, -0.25) is 14.7 Å². The van der Waals surface area contributed by atoms with Gasteiger partial charge in [0.05, 0.1) is 5.69 Å². The van der Waals surface area contributed by atoms with Gasteiger partial charge in [-0.25, -0.2) is 4.98 Å². The number of hydrogen-bond acceptors (Lipinski definition) is 5. The molecule has 1 aliphatic heterocycles. The van der Waals surface area contributed by atoms with E-state index in [-0.39, 0.29) is 5.91 Å². The van der Waals surface area contributed by atoms with E-state index in [0.717, 1.165) is 43.4 Å². The van der Waals surface area contributed by atoms with Crippen LogP contribution in [0.3, 0.4) is 0 Å². The molecule has 0 bridgehead atoms. The van der Waals surface area contributed by atoms with Gasteiger partial charge in [0.15, 0.2) is 0 Å². The topological polar surface area (TPSA) is 54.3 Å². The molecule has 4 heterocycles. The molecule has 5 rings (SSSR count). The fourth-order valence-electron chi connectivity index (χ4n) is 4.00. The van der Waals surface area contributed by atoms with E-state index in [1.54, 1.807) is 6.20 Å². The number of aryl methyl sites for hydroxylation is 1. The van der Waals surface area contributed by atoms with Gasteiger partial charge in [0, 0.05) is 68.4 Å². The van der Waals surface area contributed by atoms with E-state index < -0.39 is 0 Å². The van der Waals surface area contributed by atoms with Crippen molar-refractivity contribution in [2.45, 2.75) is 6.54 Å². The highest BCUT2D eigenvalue weighted by atomic mass is 32.1. The maximum absolute atomic E-state index is 13.0. The summed E-state index contributed by atoms with van der Waals surface area (Å²) >= 11 is 1.53. The largest absolute Gasteiger partial charge is 0.342 e. The van der Waals surface area contributed by atoms with Gasteiger partial charge in [-0.1, -0.05) is 24.3 Å². The summed E-state index contributed by atoms with van der Waals surface area (Å²) in [5.41, 5.74) is 3.96. The van der Waals surface area contributed by atoms with E-state index in [2.05, 4.69) is 43.7 Å². The Morgan fingerprint density at radius 1 is 1.10 bits per heavy atom. The molecule has 30 heavy (non-hydrogen) atoms. The molecule has 6 nitrogen and oxygen atoms in total. The van der Waals surface area contributed by atoms with Crippen LogP contribution in [0.4, 0.5) is 0 Å². The molecule has 1 aliphatic rings. The minimum Gasteiger partial charge on any atom is -0.342 e. The lowest BCUT2D eigenvalue weighted by Crippen LogP contribution is -2.48. The second-order valence-corrected chi connectivity index (χ2v) is 8.47. The number of piperazine rings is 1. The van der Waals surface area contributed by atoms with Crippen LogP contribution in [0.1, 0.15) is 16.1 Å². The predicted octanol–water partition coefficient (Wildman–Crippen LogP) is 3.65.